The van der Waals surface area contributed by atoms with Crippen LogP contribution in [0.15, 0.2) is 42.7 Å². The predicted molar refractivity (Wildman–Crippen MR) is 121 cm³/mol. The van der Waals surface area contributed by atoms with Crippen LogP contribution in [-0.2, 0) is 20.9 Å². The maximum absolute atomic E-state index is 13.5. The molecule has 7 heteroatoms. The molecule has 0 radical (unpaired) electrons. The molecule has 0 saturated carbocycles. The van der Waals surface area contributed by atoms with Crippen LogP contribution in [0.25, 0.3) is 0 Å². The van der Waals surface area contributed by atoms with Gasteiger partial charge in [-0.2, -0.15) is 0 Å². The number of aryl methyl sites for hydroxylation is 1. The summed E-state index contributed by atoms with van der Waals surface area (Å²) in [7, 11) is 0. The van der Waals surface area contributed by atoms with Gasteiger partial charge in [-0.3, -0.25) is 19.5 Å². The van der Waals surface area contributed by atoms with Crippen LogP contribution in [0.3, 0.4) is 0 Å². The van der Waals surface area contributed by atoms with E-state index in [4.69, 9.17) is 9.47 Å². The number of hydrogen-bond acceptors (Lipinski definition) is 5. The number of benzene rings is 1. The van der Waals surface area contributed by atoms with Crippen LogP contribution in [0.1, 0.15) is 37.8 Å². The Kier molecular flexibility index (Phi) is 6.74. The molecule has 1 aromatic carbocycles. The normalized spacial score (nSPS) is 20.2. The molecule has 1 fully saturated rings. The van der Waals surface area contributed by atoms with Crippen molar-refractivity contribution in [3.05, 3.63) is 53.9 Å². The molecule has 2 aromatic rings. The fourth-order valence-corrected chi connectivity index (χ4v) is 4.21. The summed E-state index contributed by atoms with van der Waals surface area (Å²) in [6, 6.07) is 9.56. The second kappa shape index (κ2) is 9.69. The van der Waals surface area contributed by atoms with E-state index < -0.39 is 6.10 Å². The first-order valence-electron chi connectivity index (χ1n) is 11.3. The molecule has 2 aliphatic rings. The third-order valence-corrected chi connectivity index (χ3v) is 5.99. The minimum Gasteiger partial charge on any atom is -0.478 e. The van der Waals surface area contributed by atoms with Crippen molar-refractivity contribution in [3.8, 4) is 5.75 Å². The number of carbonyl (C=O) groups is 2. The van der Waals surface area contributed by atoms with Gasteiger partial charge < -0.3 is 14.4 Å². The van der Waals surface area contributed by atoms with Crippen LogP contribution in [0.2, 0.25) is 0 Å². The molecular formula is C25H31N3O4. The van der Waals surface area contributed by atoms with E-state index in [1.807, 2.05) is 51.1 Å². The first-order chi connectivity index (χ1) is 15.4. The first-order valence-corrected chi connectivity index (χ1v) is 11.3. The second-order valence-electron chi connectivity index (χ2n) is 8.94. The average molecular weight is 438 g/mol. The van der Waals surface area contributed by atoms with Crippen LogP contribution in [0, 0.1) is 12.8 Å². The summed E-state index contributed by atoms with van der Waals surface area (Å²) in [6.45, 7) is 7.53. The molecule has 2 aliphatic heterocycles. The van der Waals surface area contributed by atoms with Crippen LogP contribution >= 0.6 is 0 Å². The van der Waals surface area contributed by atoms with Gasteiger partial charge in [0.15, 0.2) is 6.10 Å². The lowest BCUT2D eigenvalue weighted by molar-refractivity contribution is -0.135. The summed E-state index contributed by atoms with van der Waals surface area (Å²) in [4.78, 5) is 34.3. The summed E-state index contributed by atoms with van der Waals surface area (Å²) in [5.74, 6) is 0.353. The summed E-state index contributed by atoms with van der Waals surface area (Å²) >= 11 is 0. The Bertz CT molecular complexity index is 957. The molecule has 0 N–H and O–H groups in total. The minimum absolute atomic E-state index is 0.00522. The molecule has 1 aromatic heterocycles. The molecule has 2 amide bonds. The molecule has 1 saturated heterocycles. The van der Waals surface area contributed by atoms with Crippen LogP contribution in [-0.4, -0.2) is 53.6 Å². The fraction of sp³-hybridized carbons (Fsp3) is 0.480. The molecule has 0 spiro atoms. The Hall–Kier alpha value is -2.93. The number of amides is 2. The third kappa shape index (κ3) is 4.93. The largest absolute Gasteiger partial charge is 0.478 e. The minimum atomic E-state index is -0.607. The van der Waals surface area contributed by atoms with Gasteiger partial charge in [-0.15, -0.1) is 0 Å². The molecule has 4 rings (SSSR count). The van der Waals surface area contributed by atoms with Gasteiger partial charge in [0.05, 0.1) is 11.8 Å². The highest BCUT2D eigenvalue weighted by molar-refractivity contribution is 6.04. The lowest BCUT2D eigenvalue weighted by Crippen LogP contribution is -2.52. The van der Waals surface area contributed by atoms with Gasteiger partial charge in [0.25, 0.3) is 5.91 Å². The van der Waals surface area contributed by atoms with E-state index in [1.165, 1.54) is 0 Å². The summed E-state index contributed by atoms with van der Waals surface area (Å²) in [5, 5.41) is 0. The zero-order valence-electron chi connectivity index (χ0n) is 19.0. The van der Waals surface area contributed by atoms with Crippen molar-refractivity contribution in [1.82, 2.24) is 9.88 Å². The Morgan fingerprint density at radius 1 is 1.25 bits per heavy atom. The Morgan fingerprint density at radius 2 is 2.03 bits per heavy atom. The summed E-state index contributed by atoms with van der Waals surface area (Å²) in [6.07, 6.45) is 4.81. The fourth-order valence-electron chi connectivity index (χ4n) is 4.21. The average Bonchev–Trinajstić information content (AvgIpc) is 3.29. The number of fused-ring (bicyclic) bond motifs is 1. The number of pyridine rings is 1. The highest BCUT2D eigenvalue weighted by Crippen LogP contribution is 2.36. The smallest absolute Gasteiger partial charge is 0.268 e. The van der Waals surface area contributed by atoms with E-state index in [1.54, 1.807) is 22.2 Å². The summed E-state index contributed by atoms with van der Waals surface area (Å²) in [5.41, 5.74) is 2.66. The molecule has 0 bridgehead atoms. The van der Waals surface area contributed by atoms with Gasteiger partial charge in [-0.05, 0) is 61.1 Å². The molecular weight excluding hydrogens is 406 g/mol. The quantitative estimate of drug-likeness (QED) is 0.664. The topological polar surface area (TPSA) is 72.0 Å². The van der Waals surface area contributed by atoms with E-state index in [0.717, 1.165) is 30.6 Å². The molecule has 3 heterocycles. The molecule has 32 heavy (non-hydrogen) atoms. The Balaban J connectivity index is 1.59. The number of hydrogen-bond donors (Lipinski definition) is 0. The van der Waals surface area contributed by atoms with Gasteiger partial charge >= 0.3 is 0 Å². The number of ether oxygens (including phenoxy) is 2. The number of aromatic nitrogens is 1. The molecule has 2 unspecified atom stereocenters. The van der Waals surface area contributed by atoms with Gasteiger partial charge in [0, 0.05) is 32.1 Å². The van der Waals surface area contributed by atoms with Gasteiger partial charge in [0.1, 0.15) is 12.3 Å². The molecule has 7 nitrogen and oxygen atoms in total. The van der Waals surface area contributed by atoms with Gasteiger partial charge in [0.2, 0.25) is 5.91 Å². The lowest BCUT2D eigenvalue weighted by Gasteiger charge is -2.37. The van der Waals surface area contributed by atoms with Crippen molar-refractivity contribution in [1.29, 1.82) is 0 Å². The number of nitrogens with zero attached hydrogens (tertiary/aromatic N) is 3. The van der Waals surface area contributed by atoms with Gasteiger partial charge in [-0.25, -0.2) is 0 Å². The van der Waals surface area contributed by atoms with E-state index in [-0.39, 0.29) is 30.4 Å². The second-order valence-corrected chi connectivity index (χ2v) is 8.94. The monoisotopic (exact) mass is 437 g/mol. The third-order valence-electron chi connectivity index (χ3n) is 5.99. The SMILES string of the molecule is Cc1ccc2c(c1)N(CC(=O)N(Cc1ccncc1)CC1CCCO1)C(=O)C(C(C)C)O2. The van der Waals surface area contributed by atoms with Crippen LogP contribution < -0.4 is 9.64 Å². The Morgan fingerprint density at radius 3 is 2.72 bits per heavy atom. The first kappa shape index (κ1) is 22.3. The Labute approximate surface area is 189 Å². The van der Waals surface area contributed by atoms with Gasteiger partial charge in [-0.1, -0.05) is 19.9 Å². The maximum Gasteiger partial charge on any atom is 0.268 e. The summed E-state index contributed by atoms with van der Waals surface area (Å²) < 4.78 is 11.8. The van der Waals surface area contributed by atoms with Crippen LogP contribution in [0.5, 0.6) is 5.75 Å². The highest BCUT2D eigenvalue weighted by Gasteiger charge is 2.38. The predicted octanol–water partition coefficient (Wildman–Crippen LogP) is 3.35. The van der Waals surface area contributed by atoms with E-state index in [9.17, 15) is 9.59 Å². The molecule has 170 valence electrons. The van der Waals surface area contributed by atoms with Crippen molar-refractivity contribution in [2.24, 2.45) is 5.92 Å². The van der Waals surface area contributed by atoms with Crippen molar-refractivity contribution >= 4 is 17.5 Å². The maximum atomic E-state index is 13.5. The van der Waals surface area contributed by atoms with Crippen molar-refractivity contribution in [2.75, 3.05) is 24.6 Å². The molecule has 2 atom stereocenters. The van der Waals surface area contributed by atoms with Crippen LogP contribution in [0.4, 0.5) is 5.69 Å². The standard InChI is InChI=1S/C25H31N3O4/c1-17(2)24-25(30)28(21-13-18(3)6-7-22(21)32-24)16-23(29)27(15-20-5-4-12-31-20)14-19-8-10-26-11-9-19/h6-11,13,17,20,24H,4-5,12,14-16H2,1-3H3. The van der Waals surface area contributed by atoms with E-state index >= 15 is 0 Å². The highest BCUT2D eigenvalue weighted by atomic mass is 16.5. The van der Waals surface area contributed by atoms with E-state index in [0.29, 0.717) is 24.5 Å². The van der Waals surface area contributed by atoms with E-state index in [2.05, 4.69) is 4.98 Å². The molecule has 0 aliphatic carbocycles. The zero-order chi connectivity index (χ0) is 22.7. The lowest BCUT2D eigenvalue weighted by atomic mass is 10.0. The number of carbonyl (C=O) groups excluding carboxylic acids is 2. The number of anilines is 1. The van der Waals surface area contributed by atoms with Crippen molar-refractivity contribution in [3.63, 3.8) is 0 Å². The number of rotatable bonds is 7. The van der Waals surface area contributed by atoms with Crippen molar-refractivity contribution in [2.45, 2.75) is 52.4 Å². The zero-order valence-corrected chi connectivity index (χ0v) is 19.0. The van der Waals surface area contributed by atoms with Crippen molar-refractivity contribution < 1.29 is 19.1 Å².